The van der Waals surface area contributed by atoms with Crippen molar-refractivity contribution < 1.29 is 4.52 Å². The van der Waals surface area contributed by atoms with Gasteiger partial charge < -0.3 is 4.52 Å². The van der Waals surface area contributed by atoms with Crippen molar-refractivity contribution in [3.8, 4) is 10.7 Å². The molecule has 0 atom stereocenters. The molecule has 0 saturated heterocycles. The Morgan fingerprint density at radius 2 is 2.00 bits per heavy atom. The summed E-state index contributed by atoms with van der Waals surface area (Å²) >= 11 is 3.25. The zero-order chi connectivity index (χ0) is 20.3. The summed E-state index contributed by atoms with van der Waals surface area (Å²) in [4.78, 5) is 23.5. The smallest absolute Gasteiger partial charge is 0.262 e. The number of benzene rings is 1. The second-order valence-electron chi connectivity index (χ2n) is 7.47. The van der Waals surface area contributed by atoms with E-state index in [0.717, 1.165) is 40.6 Å². The Hall–Kier alpha value is -2.45. The highest BCUT2D eigenvalue weighted by atomic mass is 32.2. The van der Waals surface area contributed by atoms with Crippen LogP contribution in [0, 0.1) is 0 Å². The number of hydrogen-bond acceptors (Lipinski definition) is 7. The van der Waals surface area contributed by atoms with Crippen LogP contribution in [0.15, 0.2) is 56.3 Å². The number of rotatable bonds is 7. The molecule has 8 heteroatoms. The first kappa shape index (κ1) is 19.5. The number of thioether (sulfide) groups is 1. The lowest BCUT2D eigenvalue weighted by molar-refractivity contribution is 0.378. The molecule has 0 spiro atoms. The van der Waals surface area contributed by atoms with Crippen molar-refractivity contribution in [2.45, 2.75) is 49.7 Å². The number of aryl methyl sites for hydroxylation is 1. The van der Waals surface area contributed by atoms with Gasteiger partial charge in [-0.05, 0) is 42.8 Å². The van der Waals surface area contributed by atoms with Gasteiger partial charge in [-0.2, -0.15) is 4.98 Å². The minimum absolute atomic E-state index is 0.0903. The molecule has 0 amide bonds. The van der Waals surface area contributed by atoms with E-state index in [1.165, 1.54) is 12.8 Å². The minimum Gasteiger partial charge on any atom is -0.339 e. The highest BCUT2D eigenvalue weighted by Crippen LogP contribution is 2.32. The molecule has 0 bridgehead atoms. The normalized spacial score (nSPS) is 14.7. The molecule has 1 aromatic carbocycles. The van der Waals surface area contributed by atoms with Gasteiger partial charge in [-0.25, -0.2) is 4.98 Å². The maximum absolute atomic E-state index is 13.2. The van der Waals surface area contributed by atoms with E-state index in [-0.39, 0.29) is 11.6 Å². The molecule has 30 heavy (non-hydrogen) atoms. The van der Waals surface area contributed by atoms with Crippen LogP contribution >= 0.6 is 23.1 Å². The summed E-state index contributed by atoms with van der Waals surface area (Å²) in [6, 6.07) is 11.9. The van der Waals surface area contributed by atoms with Crippen LogP contribution in [0.5, 0.6) is 0 Å². The van der Waals surface area contributed by atoms with Gasteiger partial charge in [0.05, 0.1) is 15.8 Å². The van der Waals surface area contributed by atoms with Crippen LogP contribution in [0.2, 0.25) is 0 Å². The van der Waals surface area contributed by atoms with E-state index in [4.69, 9.17) is 9.51 Å². The SMILES string of the molecule is O=c1c2ccccc2nc(SCCCc2nc(-c3cccs3)no2)n1C1CCCC1. The summed E-state index contributed by atoms with van der Waals surface area (Å²) in [5.74, 6) is 2.14. The molecule has 4 aromatic rings. The molecule has 1 fully saturated rings. The third kappa shape index (κ3) is 3.94. The molecule has 1 aliphatic carbocycles. The van der Waals surface area contributed by atoms with Gasteiger partial charge in [-0.15, -0.1) is 11.3 Å². The van der Waals surface area contributed by atoms with Crippen molar-refractivity contribution in [2.24, 2.45) is 0 Å². The number of thiophene rings is 1. The fourth-order valence-electron chi connectivity index (χ4n) is 3.96. The quantitative estimate of drug-likeness (QED) is 0.220. The summed E-state index contributed by atoms with van der Waals surface area (Å²) in [5, 5.41) is 7.61. The zero-order valence-electron chi connectivity index (χ0n) is 16.5. The number of hydrogen-bond donors (Lipinski definition) is 0. The predicted octanol–water partition coefficient (Wildman–Crippen LogP) is 5.35. The van der Waals surface area contributed by atoms with Crippen LogP contribution in [-0.2, 0) is 6.42 Å². The lowest BCUT2D eigenvalue weighted by atomic mass is 10.2. The monoisotopic (exact) mass is 438 g/mol. The summed E-state index contributed by atoms with van der Waals surface area (Å²) < 4.78 is 7.33. The molecule has 0 unspecified atom stereocenters. The van der Waals surface area contributed by atoms with Crippen molar-refractivity contribution in [1.29, 1.82) is 0 Å². The summed E-state index contributed by atoms with van der Waals surface area (Å²) in [7, 11) is 0. The first-order valence-corrected chi connectivity index (χ1v) is 12.2. The molecule has 3 heterocycles. The van der Waals surface area contributed by atoms with E-state index < -0.39 is 0 Å². The molecule has 0 radical (unpaired) electrons. The number of para-hydroxylation sites is 1. The second-order valence-corrected chi connectivity index (χ2v) is 9.48. The maximum Gasteiger partial charge on any atom is 0.262 e. The molecule has 1 aliphatic rings. The number of fused-ring (bicyclic) bond motifs is 1. The highest BCUT2D eigenvalue weighted by Gasteiger charge is 2.23. The standard InChI is InChI=1S/C22H22N4O2S2/c27-21-16-9-3-4-10-17(16)23-22(26(21)15-7-1-2-8-15)30-14-6-12-19-24-20(25-28-19)18-11-5-13-29-18/h3-5,9-11,13,15H,1-2,6-8,12,14H2. The van der Waals surface area contributed by atoms with Gasteiger partial charge >= 0.3 is 0 Å². The third-order valence-corrected chi connectivity index (χ3v) is 7.35. The van der Waals surface area contributed by atoms with Crippen molar-refractivity contribution in [2.75, 3.05) is 5.75 Å². The lowest BCUT2D eigenvalue weighted by Crippen LogP contribution is -2.26. The summed E-state index contributed by atoms with van der Waals surface area (Å²) in [5.41, 5.74) is 0.865. The molecule has 3 aromatic heterocycles. The van der Waals surface area contributed by atoms with E-state index in [0.29, 0.717) is 23.5 Å². The average Bonchev–Trinajstić information content (AvgIpc) is 3.54. The maximum atomic E-state index is 13.2. The molecular formula is C22H22N4O2S2. The molecule has 0 aliphatic heterocycles. The van der Waals surface area contributed by atoms with Gasteiger partial charge in [0, 0.05) is 18.2 Å². The third-order valence-electron chi connectivity index (χ3n) is 5.44. The minimum atomic E-state index is 0.0903. The van der Waals surface area contributed by atoms with Gasteiger partial charge in [0.15, 0.2) is 5.16 Å². The van der Waals surface area contributed by atoms with Gasteiger partial charge in [-0.1, -0.05) is 48.0 Å². The Morgan fingerprint density at radius 3 is 2.83 bits per heavy atom. The van der Waals surface area contributed by atoms with Gasteiger partial charge in [0.1, 0.15) is 0 Å². The highest BCUT2D eigenvalue weighted by molar-refractivity contribution is 7.99. The summed E-state index contributed by atoms with van der Waals surface area (Å²) in [6.45, 7) is 0. The molecule has 0 N–H and O–H groups in total. The Kier molecular flexibility index (Phi) is 5.68. The molecule has 6 nitrogen and oxygen atoms in total. The van der Waals surface area contributed by atoms with E-state index in [9.17, 15) is 4.79 Å². The van der Waals surface area contributed by atoms with Crippen molar-refractivity contribution in [1.82, 2.24) is 19.7 Å². The lowest BCUT2D eigenvalue weighted by Gasteiger charge is -2.18. The Balaban J connectivity index is 1.30. The second kappa shape index (κ2) is 8.73. The van der Waals surface area contributed by atoms with Crippen molar-refractivity contribution >= 4 is 34.0 Å². The van der Waals surface area contributed by atoms with Crippen LogP contribution in [0.4, 0.5) is 0 Å². The van der Waals surface area contributed by atoms with Crippen LogP contribution in [0.1, 0.15) is 44.0 Å². The van der Waals surface area contributed by atoms with E-state index in [2.05, 4.69) is 10.1 Å². The van der Waals surface area contributed by atoms with Crippen LogP contribution in [0.3, 0.4) is 0 Å². The van der Waals surface area contributed by atoms with Crippen molar-refractivity contribution in [3.05, 3.63) is 58.0 Å². The van der Waals surface area contributed by atoms with Gasteiger partial charge in [0.2, 0.25) is 11.7 Å². The predicted molar refractivity (Wildman–Crippen MR) is 120 cm³/mol. The van der Waals surface area contributed by atoms with E-state index in [1.54, 1.807) is 23.1 Å². The van der Waals surface area contributed by atoms with E-state index in [1.807, 2.05) is 46.3 Å². The fourth-order valence-corrected chi connectivity index (χ4v) is 5.62. The Bertz CT molecular complexity index is 1190. The Morgan fingerprint density at radius 1 is 1.13 bits per heavy atom. The van der Waals surface area contributed by atoms with Crippen molar-refractivity contribution in [3.63, 3.8) is 0 Å². The largest absolute Gasteiger partial charge is 0.339 e. The molecule has 5 rings (SSSR count). The molecular weight excluding hydrogens is 416 g/mol. The van der Waals surface area contributed by atoms with Crippen LogP contribution < -0.4 is 5.56 Å². The first-order chi connectivity index (χ1) is 14.8. The average molecular weight is 439 g/mol. The summed E-state index contributed by atoms with van der Waals surface area (Å²) in [6.07, 6.45) is 6.06. The first-order valence-electron chi connectivity index (χ1n) is 10.3. The van der Waals surface area contributed by atoms with Crippen LogP contribution in [0.25, 0.3) is 21.6 Å². The van der Waals surface area contributed by atoms with Gasteiger partial charge in [-0.3, -0.25) is 9.36 Å². The Labute approximate surface area is 182 Å². The number of nitrogens with zero attached hydrogens (tertiary/aromatic N) is 4. The topological polar surface area (TPSA) is 73.8 Å². The molecule has 154 valence electrons. The van der Waals surface area contributed by atoms with Gasteiger partial charge in [0.25, 0.3) is 5.56 Å². The zero-order valence-corrected chi connectivity index (χ0v) is 18.1. The van der Waals surface area contributed by atoms with E-state index >= 15 is 0 Å². The number of aromatic nitrogens is 4. The fraction of sp³-hybridized carbons (Fsp3) is 0.364. The molecule has 1 saturated carbocycles. The van der Waals surface area contributed by atoms with Crippen LogP contribution in [-0.4, -0.2) is 25.4 Å².